The molecule has 1 heterocycles. The van der Waals surface area contributed by atoms with Crippen LogP contribution >= 0.6 is 11.3 Å². The van der Waals surface area contributed by atoms with Gasteiger partial charge in [0.1, 0.15) is 11.5 Å². The highest BCUT2D eigenvalue weighted by molar-refractivity contribution is 7.07. The zero-order chi connectivity index (χ0) is 12.6. The summed E-state index contributed by atoms with van der Waals surface area (Å²) in [7, 11) is 0. The van der Waals surface area contributed by atoms with Crippen LogP contribution in [0.1, 0.15) is 29.3 Å². The van der Waals surface area contributed by atoms with Gasteiger partial charge in [-0.25, -0.2) is 4.98 Å². The van der Waals surface area contributed by atoms with E-state index >= 15 is 0 Å². The molecular formula is C14H12N2OS. The Kier molecular flexibility index (Phi) is 2.66. The van der Waals surface area contributed by atoms with Crippen LogP contribution in [-0.2, 0) is 11.8 Å². The first kappa shape index (κ1) is 11.4. The normalized spacial score (nSPS) is 23.3. The standard InChI is InChI=1S/C14H12N2OS/c15-8-14(13(17)12-7-18-9-16-12)6-5-10-3-1-2-4-11(10)14/h1-4,7,9,13,17H,5-6H2. The van der Waals surface area contributed by atoms with Gasteiger partial charge in [0, 0.05) is 5.38 Å². The average molecular weight is 256 g/mol. The Morgan fingerprint density at radius 1 is 1.44 bits per heavy atom. The van der Waals surface area contributed by atoms with Crippen molar-refractivity contribution in [2.45, 2.75) is 24.4 Å². The number of hydrogen-bond donors (Lipinski definition) is 1. The van der Waals surface area contributed by atoms with Crippen molar-refractivity contribution < 1.29 is 5.11 Å². The van der Waals surface area contributed by atoms with E-state index in [0.717, 1.165) is 17.5 Å². The second kappa shape index (κ2) is 4.20. The lowest BCUT2D eigenvalue weighted by Crippen LogP contribution is -2.30. The van der Waals surface area contributed by atoms with Crippen molar-refractivity contribution in [3.8, 4) is 6.07 Å². The molecule has 1 N–H and O–H groups in total. The predicted molar refractivity (Wildman–Crippen MR) is 69.1 cm³/mol. The van der Waals surface area contributed by atoms with Crippen molar-refractivity contribution in [2.75, 3.05) is 0 Å². The summed E-state index contributed by atoms with van der Waals surface area (Å²) in [5.41, 5.74) is 3.55. The molecule has 90 valence electrons. The minimum absolute atomic E-state index is 0.596. The minimum atomic E-state index is -0.850. The highest BCUT2D eigenvalue weighted by Gasteiger charge is 2.46. The molecule has 18 heavy (non-hydrogen) atoms. The van der Waals surface area contributed by atoms with E-state index in [1.54, 1.807) is 5.51 Å². The van der Waals surface area contributed by atoms with Gasteiger partial charge in [0.25, 0.3) is 0 Å². The second-order valence-corrected chi connectivity index (χ2v) is 5.27. The van der Waals surface area contributed by atoms with Crippen LogP contribution in [-0.4, -0.2) is 10.1 Å². The van der Waals surface area contributed by atoms with Crippen LogP contribution < -0.4 is 0 Å². The summed E-state index contributed by atoms with van der Waals surface area (Å²) in [4.78, 5) is 4.14. The van der Waals surface area contributed by atoms with E-state index in [4.69, 9.17) is 0 Å². The monoisotopic (exact) mass is 256 g/mol. The van der Waals surface area contributed by atoms with Crippen LogP contribution in [0.15, 0.2) is 35.2 Å². The third-order valence-electron chi connectivity index (χ3n) is 3.68. The fraction of sp³-hybridized carbons (Fsp3) is 0.286. The molecule has 0 bridgehead atoms. The molecule has 0 spiro atoms. The van der Waals surface area contributed by atoms with E-state index in [9.17, 15) is 10.4 Å². The molecule has 3 nitrogen and oxygen atoms in total. The lowest BCUT2D eigenvalue weighted by atomic mass is 9.77. The van der Waals surface area contributed by atoms with E-state index < -0.39 is 11.5 Å². The van der Waals surface area contributed by atoms with E-state index in [0.29, 0.717) is 12.1 Å². The molecule has 0 fully saturated rings. The number of aryl methyl sites for hydroxylation is 1. The molecule has 0 radical (unpaired) electrons. The Morgan fingerprint density at radius 3 is 3.00 bits per heavy atom. The molecular weight excluding hydrogens is 244 g/mol. The van der Waals surface area contributed by atoms with Crippen LogP contribution in [0.3, 0.4) is 0 Å². The maximum absolute atomic E-state index is 10.5. The number of benzene rings is 1. The topological polar surface area (TPSA) is 56.9 Å². The molecule has 3 rings (SSSR count). The molecule has 2 aromatic rings. The summed E-state index contributed by atoms with van der Waals surface area (Å²) in [6.07, 6.45) is 0.643. The lowest BCUT2D eigenvalue weighted by Gasteiger charge is -2.27. The SMILES string of the molecule is N#CC1(C(O)c2cscn2)CCc2ccccc21. The largest absolute Gasteiger partial charge is 0.385 e. The van der Waals surface area contributed by atoms with Gasteiger partial charge >= 0.3 is 0 Å². The van der Waals surface area contributed by atoms with E-state index in [-0.39, 0.29) is 0 Å². The molecule has 0 aliphatic heterocycles. The molecule has 0 amide bonds. The smallest absolute Gasteiger partial charge is 0.119 e. The summed E-state index contributed by atoms with van der Waals surface area (Å²) in [5, 5.41) is 21.9. The fourth-order valence-electron chi connectivity index (χ4n) is 2.71. The van der Waals surface area contributed by atoms with E-state index in [1.807, 2.05) is 29.6 Å². The zero-order valence-electron chi connectivity index (χ0n) is 9.71. The maximum atomic E-state index is 10.5. The number of fused-ring (bicyclic) bond motifs is 1. The Bertz CT molecular complexity index is 603. The van der Waals surface area contributed by atoms with Crippen LogP contribution in [0, 0.1) is 11.3 Å². The average Bonchev–Trinajstić information content (AvgIpc) is 3.06. The van der Waals surface area contributed by atoms with Crippen LogP contribution in [0.2, 0.25) is 0 Å². The molecule has 2 unspecified atom stereocenters. The lowest BCUT2D eigenvalue weighted by molar-refractivity contribution is 0.107. The number of aliphatic hydroxyl groups is 1. The van der Waals surface area contributed by atoms with Crippen molar-refractivity contribution in [2.24, 2.45) is 0 Å². The van der Waals surface area contributed by atoms with Gasteiger partial charge in [-0.3, -0.25) is 0 Å². The van der Waals surface area contributed by atoms with Gasteiger partial charge in [-0.05, 0) is 24.0 Å². The van der Waals surface area contributed by atoms with E-state index in [1.165, 1.54) is 11.3 Å². The molecule has 1 aliphatic rings. The molecule has 1 aromatic heterocycles. The quantitative estimate of drug-likeness (QED) is 0.898. The van der Waals surface area contributed by atoms with Crippen molar-refractivity contribution in [1.29, 1.82) is 5.26 Å². The first-order valence-corrected chi connectivity index (χ1v) is 6.78. The summed E-state index contributed by atoms with van der Waals surface area (Å²) >= 11 is 1.44. The van der Waals surface area contributed by atoms with Crippen LogP contribution in [0.5, 0.6) is 0 Å². The first-order valence-electron chi connectivity index (χ1n) is 5.84. The Labute approximate surface area is 109 Å². The number of aromatic nitrogens is 1. The van der Waals surface area contributed by atoms with Gasteiger partial charge in [-0.15, -0.1) is 11.3 Å². The summed E-state index contributed by atoms with van der Waals surface area (Å²) < 4.78 is 0. The third-order valence-corrected chi connectivity index (χ3v) is 4.29. The van der Waals surface area contributed by atoms with Gasteiger partial charge in [0.2, 0.25) is 0 Å². The van der Waals surface area contributed by atoms with Crippen molar-refractivity contribution in [1.82, 2.24) is 4.98 Å². The number of nitriles is 1. The molecule has 4 heteroatoms. The van der Waals surface area contributed by atoms with Crippen molar-refractivity contribution >= 4 is 11.3 Å². The van der Waals surface area contributed by atoms with Crippen LogP contribution in [0.4, 0.5) is 0 Å². The Hall–Kier alpha value is -1.70. The first-order chi connectivity index (χ1) is 8.78. The number of aliphatic hydroxyl groups excluding tert-OH is 1. The van der Waals surface area contributed by atoms with E-state index in [2.05, 4.69) is 11.1 Å². The van der Waals surface area contributed by atoms with Gasteiger partial charge in [-0.1, -0.05) is 24.3 Å². The Morgan fingerprint density at radius 2 is 2.28 bits per heavy atom. The van der Waals surface area contributed by atoms with Crippen molar-refractivity contribution in [3.63, 3.8) is 0 Å². The molecule has 1 aliphatic carbocycles. The summed E-state index contributed by atoms with van der Waals surface area (Å²) in [5.74, 6) is 0. The number of thiazole rings is 1. The highest BCUT2D eigenvalue weighted by Crippen LogP contribution is 2.46. The number of hydrogen-bond acceptors (Lipinski definition) is 4. The molecule has 0 saturated carbocycles. The molecule has 0 saturated heterocycles. The van der Waals surface area contributed by atoms with Gasteiger partial charge in [0.05, 0.1) is 17.3 Å². The predicted octanol–water partition coefficient (Wildman–Crippen LogP) is 2.58. The zero-order valence-corrected chi connectivity index (χ0v) is 10.5. The number of nitrogens with zero attached hydrogens (tertiary/aromatic N) is 2. The Balaban J connectivity index is 2.11. The molecule has 2 atom stereocenters. The fourth-order valence-corrected chi connectivity index (χ4v) is 3.28. The summed E-state index contributed by atoms with van der Waals surface area (Å²) in [6.45, 7) is 0. The summed E-state index contributed by atoms with van der Waals surface area (Å²) in [6, 6.07) is 10.2. The third kappa shape index (κ3) is 1.48. The van der Waals surface area contributed by atoms with Crippen molar-refractivity contribution in [3.05, 3.63) is 52.0 Å². The van der Waals surface area contributed by atoms with Crippen LogP contribution in [0.25, 0.3) is 0 Å². The molecule has 1 aromatic carbocycles. The highest BCUT2D eigenvalue weighted by atomic mass is 32.1. The van der Waals surface area contributed by atoms with Gasteiger partial charge < -0.3 is 5.11 Å². The second-order valence-electron chi connectivity index (χ2n) is 4.56. The van der Waals surface area contributed by atoms with Gasteiger partial charge in [0.15, 0.2) is 0 Å². The minimum Gasteiger partial charge on any atom is -0.385 e. The number of rotatable bonds is 2. The maximum Gasteiger partial charge on any atom is 0.119 e. The van der Waals surface area contributed by atoms with Gasteiger partial charge in [-0.2, -0.15) is 5.26 Å².